The molecule has 0 fully saturated rings. The molecule has 3 heteroatoms. The molecular formula is C10H20O2S. The molecule has 2 nitrogen and oxygen atoms in total. The van der Waals surface area contributed by atoms with Gasteiger partial charge in [0.2, 0.25) is 0 Å². The average molecular weight is 204 g/mol. The minimum Gasteiger partial charge on any atom is -0.374 e. The zero-order valence-electron chi connectivity index (χ0n) is 8.84. The van der Waals surface area contributed by atoms with Crippen LogP contribution in [0.15, 0.2) is 0 Å². The Morgan fingerprint density at radius 1 is 1.46 bits per heavy atom. The number of ketones is 1. The van der Waals surface area contributed by atoms with Gasteiger partial charge in [-0.05, 0) is 18.1 Å². The van der Waals surface area contributed by atoms with Crippen molar-refractivity contribution in [2.75, 3.05) is 24.7 Å². The first kappa shape index (κ1) is 13.0. The van der Waals surface area contributed by atoms with Crippen LogP contribution in [0.2, 0.25) is 0 Å². The van der Waals surface area contributed by atoms with Crippen LogP contribution in [0.1, 0.15) is 27.2 Å². The van der Waals surface area contributed by atoms with Gasteiger partial charge in [-0.25, -0.2) is 0 Å². The van der Waals surface area contributed by atoms with E-state index in [0.29, 0.717) is 24.9 Å². The molecule has 0 spiro atoms. The van der Waals surface area contributed by atoms with Gasteiger partial charge >= 0.3 is 0 Å². The predicted octanol–water partition coefficient (Wildman–Crippen LogP) is 2.37. The zero-order valence-corrected chi connectivity index (χ0v) is 9.65. The molecule has 0 heterocycles. The lowest BCUT2D eigenvalue weighted by Crippen LogP contribution is -2.12. The number of hydrogen-bond acceptors (Lipinski definition) is 3. The number of hydrogen-bond donors (Lipinski definition) is 0. The second-order valence-corrected chi connectivity index (χ2v) is 4.53. The van der Waals surface area contributed by atoms with Gasteiger partial charge in [-0.1, -0.05) is 20.8 Å². The highest BCUT2D eigenvalue weighted by atomic mass is 32.2. The molecule has 0 amide bonds. The first-order valence-electron chi connectivity index (χ1n) is 4.84. The van der Waals surface area contributed by atoms with Crippen LogP contribution in [0.3, 0.4) is 0 Å². The second-order valence-electron chi connectivity index (χ2n) is 3.50. The Labute approximate surface area is 85.4 Å². The Kier molecular flexibility index (Phi) is 8.56. The summed E-state index contributed by atoms with van der Waals surface area (Å²) in [5.74, 6) is 2.52. The van der Waals surface area contributed by atoms with Gasteiger partial charge in [0.1, 0.15) is 6.61 Å². The van der Waals surface area contributed by atoms with E-state index in [4.69, 9.17) is 4.74 Å². The van der Waals surface area contributed by atoms with Gasteiger partial charge in [-0.15, -0.1) is 0 Å². The summed E-state index contributed by atoms with van der Waals surface area (Å²) in [7, 11) is 0. The van der Waals surface area contributed by atoms with Gasteiger partial charge in [-0.3, -0.25) is 4.79 Å². The molecule has 78 valence electrons. The maximum Gasteiger partial charge on any atom is 0.168 e. The highest BCUT2D eigenvalue weighted by Crippen LogP contribution is 2.07. The van der Waals surface area contributed by atoms with Crippen molar-refractivity contribution in [1.29, 1.82) is 0 Å². The van der Waals surface area contributed by atoms with E-state index in [1.807, 2.05) is 6.92 Å². The van der Waals surface area contributed by atoms with Crippen molar-refractivity contribution in [2.24, 2.45) is 5.92 Å². The summed E-state index contributed by atoms with van der Waals surface area (Å²) >= 11 is 1.70. The Hall–Kier alpha value is -0.0200. The van der Waals surface area contributed by atoms with Gasteiger partial charge in [0.15, 0.2) is 5.78 Å². The Morgan fingerprint density at radius 2 is 2.15 bits per heavy atom. The lowest BCUT2D eigenvalue weighted by Gasteiger charge is -2.04. The lowest BCUT2D eigenvalue weighted by atomic mass is 10.3. The number of carbonyl (C=O) groups excluding carboxylic acids is 1. The van der Waals surface area contributed by atoms with E-state index in [9.17, 15) is 4.79 Å². The Bertz CT molecular complexity index is 135. The molecule has 0 radical (unpaired) electrons. The molecule has 13 heavy (non-hydrogen) atoms. The molecule has 0 atom stereocenters. The molecule has 0 unspecified atom stereocenters. The number of Topliss-reactive ketones (excluding diaryl/α,β-unsaturated/α-hetero) is 1. The molecule has 0 saturated heterocycles. The van der Waals surface area contributed by atoms with E-state index in [0.717, 1.165) is 12.2 Å². The molecule has 0 aromatic rings. The summed E-state index contributed by atoms with van der Waals surface area (Å²) in [6, 6.07) is 0. The van der Waals surface area contributed by atoms with Crippen molar-refractivity contribution in [1.82, 2.24) is 0 Å². The van der Waals surface area contributed by atoms with Crippen LogP contribution < -0.4 is 0 Å². The molecule has 0 saturated carbocycles. The van der Waals surface area contributed by atoms with Crippen molar-refractivity contribution >= 4 is 17.5 Å². The maximum absolute atomic E-state index is 11.2. The summed E-state index contributed by atoms with van der Waals surface area (Å²) in [6.07, 6.45) is 0.979. The molecule has 0 N–H and O–H groups in total. The van der Waals surface area contributed by atoms with Crippen LogP contribution in [0, 0.1) is 5.92 Å². The molecule has 0 aromatic carbocycles. The van der Waals surface area contributed by atoms with Crippen LogP contribution >= 0.6 is 11.8 Å². The first-order valence-corrected chi connectivity index (χ1v) is 5.99. The number of thioether (sulfide) groups is 1. The Balaban J connectivity index is 3.20. The number of rotatable bonds is 8. The van der Waals surface area contributed by atoms with Crippen molar-refractivity contribution in [3.63, 3.8) is 0 Å². The monoisotopic (exact) mass is 204 g/mol. The quantitative estimate of drug-likeness (QED) is 0.568. The lowest BCUT2D eigenvalue weighted by molar-refractivity contribution is -0.121. The predicted molar refractivity (Wildman–Crippen MR) is 58.3 cm³/mol. The third-order valence-electron chi connectivity index (χ3n) is 1.33. The molecule has 0 aromatic heterocycles. The normalized spacial score (nSPS) is 10.8. The molecule has 0 bridgehead atoms. The van der Waals surface area contributed by atoms with Crippen LogP contribution in [0.4, 0.5) is 0 Å². The highest BCUT2D eigenvalue weighted by Gasteiger charge is 2.02. The Morgan fingerprint density at radius 3 is 2.69 bits per heavy atom. The minimum absolute atomic E-state index is 0.208. The fourth-order valence-corrected chi connectivity index (χ4v) is 1.68. The van der Waals surface area contributed by atoms with Crippen LogP contribution in [0.25, 0.3) is 0 Å². The van der Waals surface area contributed by atoms with Crippen LogP contribution in [-0.4, -0.2) is 30.5 Å². The SMILES string of the molecule is CCCOCC(=O)CSCC(C)C. The summed E-state index contributed by atoms with van der Waals surface area (Å²) in [6.45, 7) is 7.34. The van der Waals surface area contributed by atoms with Gasteiger partial charge in [0.25, 0.3) is 0 Å². The fraction of sp³-hybridized carbons (Fsp3) is 0.900. The largest absolute Gasteiger partial charge is 0.374 e. The molecule has 0 aliphatic carbocycles. The fourth-order valence-electron chi connectivity index (χ4n) is 0.780. The van der Waals surface area contributed by atoms with Crippen molar-refractivity contribution in [3.05, 3.63) is 0 Å². The molecular weight excluding hydrogens is 184 g/mol. The van der Waals surface area contributed by atoms with Crippen molar-refractivity contribution in [2.45, 2.75) is 27.2 Å². The topological polar surface area (TPSA) is 26.3 Å². The van der Waals surface area contributed by atoms with Crippen LogP contribution in [0.5, 0.6) is 0 Å². The summed E-state index contributed by atoms with van der Waals surface area (Å²) < 4.78 is 5.14. The van der Waals surface area contributed by atoms with E-state index in [1.54, 1.807) is 11.8 Å². The molecule has 0 aliphatic heterocycles. The van der Waals surface area contributed by atoms with Gasteiger partial charge < -0.3 is 4.74 Å². The summed E-state index contributed by atoms with van der Waals surface area (Å²) in [5, 5.41) is 0. The van der Waals surface area contributed by atoms with Gasteiger partial charge in [0.05, 0.1) is 5.75 Å². The minimum atomic E-state index is 0.208. The van der Waals surface area contributed by atoms with Crippen LogP contribution in [-0.2, 0) is 9.53 Å². The smallest absolute Gasteiger partial charge is 0.168 e. The number of ether oxygens (including phenoxy) is 1. The molecule has 0 rings (SSSR count). The third-order valence-corrected chi connectivity index (χ3v) is 2.75. The van der Waals surface area contributed by atoms with E-state index < -0.39 is 0 Å². The first-order chi connectivity index (χ1) is 6.16. The van der Waals surface area contributed by atoms with Gasteiger partial charge in [-0.2, -0.15) is 11.8 Å². The summed E-state index contributed by atoms with van der Waals surface area (Å²) in [5.41, 5.74) is 0. The van der Waals surface area contributed by atoms with Gasteiger partial charge in [0, 0.05) is 6.61 Å². The van der Waals surface area contributed by atoms with E-state index in [1.165, 1.54) is 0 Å². The standard InChI is InChI=1S/C10H20O2S/c1-4-5-12-6-10(11)8-13-7-9(2)3/h9H,4-8H2,1-3H3. The molecule has 0 aliphatic rings. The number of carbonyl (C=O) groups is 1. The maximum atomic E-state index is 11.2. The second kappa shape index (κ2) is 8.57. The van der Waals surface area contributed by atoms with Crippen molar-refractivity contribution in [3.8, 4) is 0 Å². The van der Waals surface area contributed by atoms with Crippen molar-refractivity contribution < 1.29 is 9.53 Å². The highest BCUT2D eigenvalue weighted by molar-refractivity contribution is 7.99. The average Bonchev–Trinajstić information content (AvgIpc) is 2.04. The van der Waals surface area contributed by atoms with E-state index in [-0.39, 0.29) is 5.78 Å². The third kappa shape index (κ3) is 9.90. The summed E-state index contributed by atoms with van der Waals surface area (Å²) in [4.78, 5) is 11.2. The van der Waals surface area contributed by atoms with E-state index in [2.05, 4.69) is 13.8 Å². The van der Waals surface area contributed by atoms with E-state index >= 15 is 0 Å². The zero-order chi connectivity index (χ0) is 10.1.